The fourth-order valence-electron chi connectivity index (χ4n) is 2.34. The van der Waals surface area contributed by atoms with E-state index in [1.165, 1.54) is 6.08 Å². The minimum absolute atomic E-state index is 0.138. The Bertz CT molecular complexity index is 967. The second-order valence-electron chi connectivity index (χ2n) is 5.27. The number of nitrogens with one attached hydrogen (secondary N) is 1. The maximum absolute atomic E-state index is 12.8. The van der Waals surface area contributed by atoms with Gasteiger partial charge in [-0.15, -0.1) is 0 Å². The van der Waals surface area contributed by atoms with Crippen molar-refractivity contribution in [2.45, 2.75) is 0 Å². The van der Waals surface area contributed by atoms with Crippen LogP contribution in [0.1, 0.15) is 5.56 Å². The molecule has 0 saturated carbocycles. The van der Waals surface area contributed by atoms with Crippen LogP contribution in [0.4, 0.5) is 10.5 Å². The summed E-state index contributed by atoms with van der Waals surface area (Å²) in [5, 5.41) is 12.0. The molecule has 0 unspecified atom stereocenters. The van der Waals surface area contributed by atoms with Crippen LogP contribution in [0.25, 0.3) is 6.08 Å². The van der Waals surface area contributed by atoms with E-state index in [0.29, 0.717) is 22.9 Å². The van der Waals surface area contributed by atoms with E-state index in [4.69, 9.17) is 0 Å². The molecule has 0 radical (unpaired) electrons. The molecule has 1 saturated heterocycles. The summed E-state index contributed by atoms with van der Waals surface area (Å²) in [5.41, 5.74) is 0.746. The minimum atomic E-state index is -0.801. The smallest absolute Gasteiger partial charge is 0.335 e. The quantitative estimate of drug-likeness (QED) is 0.296. The van der Waals surface area contributed by atoms with E-state index in [2.05, 4.69) is 21.2 Å². The number of amides is 4. The third-order valence-corrected chi connectivity index (χ3v) is 5.66. The molecule has 132 valence electrons. The lowest BCUT2D eigenvalue weighted by Gasteiger charge is -2.26. The number of barbiturate groups is 1. The lowest BCUT2D eigenvalue weighted by Crippen LogP contribution is -2.54. The Hall–Kier alpha value is -1.47. The van der Waals surface area contributed by atoms with Gasteiger partial charge >= 0.3 is 6.03 Å². The summed E-state index contributed by atoms with van der Waals surface area (Å²) >= 11 is 7.22. The second kappa shape index (κ2) is 7.64. The zero-order valence-corrected chi connectivity index (χ0v) is 18.7. The maximum atomic E-state index is 12.8. The van der Waals surface area contributed by atoms with Gasteiger partial charge in [0.2, 0.25) is 0 Å². The van der Waals surface area contributed by atoms with Gasteiger partial charge in [0, 0.05) is 4.47 Å². The number of urea groups is 1. The highest BCUT2D eigenvalue weighted by atomic mass is 127. The molecule has 1 aliphatic rings. The molecule has 0 atom stereocenters. The van der Waals surface area contributed by atoms with Crippen molar-refractivity contribution in [2.24, 2.45) is 0 Å². The molecular formula is C17H9BrI2N2O4. The van der Waals surface area contributed by atoms with Crippen molar-refractivity contribution in [2.75, 3.05) is 4.90 Å². The van der Waals surface area contributed by atoms with Crippen molar-refractivity contribution in [1.29, 1.82) is 0 Å². The Morgan fingerprint density at radius 2 is 1.73 bits per heavy atom. The molecular weight excluding hydrogens is 630 g/mol. The van der Waals surface area contributed by atoms with Crippen molar-refractivity contribution in [1.82, 2.24) is 5.32 Å². The van der Waals surface area contributed by atoms with Gasteiger partial charge in [-0.25, -0.2) is 9.69 Å². The van der Waals surface area contributed by atoms with Crippen LogP contribution in [0.3, 0.4) is 0 Å². The Balaban J connectivity index is 2.06. The maximum Gasteiger partial charge on any atom is 0.335 e. The number of benzene rings is 2. The zero-order valence-electron chi connectivity index (χ0n) is 12.8. The van der Waals surface area contributed by atoms with Crippen LogP contribution in [0.15, 0.2) is 46.4 Å². The van der Waals surface area contributed by atoms with Crippen LogP contribution >= 0.6 is 61.1 Å². The summed E-state index contributed by atoms with van der Waals surface area (Å²) in [4.78, 5) is 38.1. The highest BCUT2D eigenvalue weighted by Crippen LogP contribution is 2.29. The van der Waals surface area contributed by atoms with E-state index < -0.39 is 17.8 Å². The van der Waals surface area contributed by atoms with Crippen molar-refractivity contribution < 1.29 is 19.5 Å². The summed E-state index contributed by atoms with van der Waals surface area (Å²) in [6, 6.07) is 9.14. The van der Waals surface area contributed by atoms with Crippen LogP contribution < -0.4 is 10.2 Å². The predicted molar refractivity (Wildman–Crippen MR) is 117 cm³/mol. The third-order valence-electron chi connectivity index (χ3n) is 3.52. The first kappa shape index (κ1) is 19.3. The molecule has 0 aliphatic carbocycles. The Kier molecular flexibility index (Phi) is 5.67. The third kappa shape index (κ3) is 3.78. The number of carbonyl (C=O) groups excluding carboxylic acids is 3. The molecule has 3 rings (SSSR count). The molecule has 2 N–H and O–H groups in total. The average molecular weight is 639 g/mol. The highest BCUT2D eigenvalue weighted by molar-refractivity contribution is 14.1. The first-order valence-corrected chi connectivity index (χ1v) is 10.1. The molecule has 1 aliphatic heterocycles. The number of carbonyl (C=O) groups is 3. The summed E-state index contributed by atoms with van der Waals surface area (Å²) in [6.07, 6.45) is 1.40. The predicted octanol–water partition coefficient (Wildman–Crippen LogP) is 4.03. The lowest BCUT2D eigenvalue weighted by atomic mass is 10.1. The summed E-state index contributed by atoms with van der Waals surface area (Å²) in [5.74, 6) is -1.34. The van der Waals surface area contributed by atoms with E-state index in [0.717, 1.165) is 4.90 Å². The first-order chi connectivity index (χ1) is 12.3. The Morgan fingerprint density at radius 3 is 2.35 bits per heavy atom. The fraction of sp³-hybridized carbons (Fsp3) is 0. The van der Waals surface area contributed by atoms with E-state index in [-0.39, 0.29) is 11.3 Å². The molecule has 26 heavy (non-hydrogen) atoms. The number of rotatable bonds is 2. The molecule has 1 fully saturated rings. The number of imide groups is 2. The van der Waals surface area contributed by atoms with Crippen LogP contribution in [0.5, 0.6) is 5.75 Å². The number of halogens is 3. The largest absolute Gasteiger partial charge is 0.506 e. The lowest BCUT2D eigenvalue weighted by molar-refractivity contribution is -0.122. The van der Waals surface area contributed by atoms with Crippen LogP contribution in [0.2, 0.25) is 0 Å². The summed E-state index contributed by atoms with van der Waals surface area (Å²) in [6.45, 7) is 0. The van der Waals surface area contributed by atoms with Crippen molar-refractivity contribution in [3.05, 3.63) is 59.1 Å². The van der Waals surface area contributed by atoms with Crippen molar-refractivity contribution >= 4 is 90.7 Å². The van der Waals surface area contributed by atoms with Crippen molar-refractivity contribution in [3.63, 3.8) is 0 Å². The highest BCUT2D eigenvalue weighted by Gasteiger charge is 2.36. The molecule has 9 heteroatoms. The van der Waals surface area contributed by atoms with Gasteiger partial charge in [0.25, 0.3) is 11.8 Å². The first-order valence-electron chi connectivity index (χ1n) is 7.13. The van der Waals surface area contributed by atoms with E-state index in [1.54, 1.807) is 36.4 Å². The monoisotopic (exact) mass is 638 g/mol. The summed E-state index contributed by atoms with van der Waals surface area (Å²) < 4.78 is 1.87. The van der Waals surface area contributed by atoms with Gasteiger partial charge in [0.15, 0.2) is 0 Å². The van der Waals surface area contributed by atoms with Gasteiger partial charge in [0.05, 0.1) is 12.8 Å². The minimum Gasteiger partial charge on any atom is -0.506 e. The molecule has 6 nitrogen and oxygen atoms in total. The molecule has 2 aromatic carbocycles. The van der Waals surface area contributed by atoms with Gasteiger partial charge in [-0.2, -0.15) is 0 Å². The van der Waals surface area contributed by atoms with Crippen LogP contribution in [-0.4, -0.2) is 23.0 Å². The standard InChI is InChI=1S/C17H9BrI2N2O4/c18-9-2-1-3-10(7-9)22-16(25)11(15(24)21-17(22)26)4-8-5-12(19)14(23)13(20)6-8/h1-7,23H,(H,21,24,26)/b11-4-. The molecule has 1 heterocycles. The van der Waals surface area contributed by atoms with Gasteiger partial charge in [-0.3, -0.25) is 14.9 Å². The second-order valence-corrected chi connectivity index (χ2v) is 8.51. The van der Waals surface area contributed by atoms with Crippen LogP contribution in [0, 0.1) is 7.14 Å². The molecule has 4 amide bonds. The van der Waals surface area contributed by atoms with Gasteiger partial charge in [-0.1, -0.05) is 22.0 Å². The molecule has 0 aromatic heterocycles. The van der Waals surface area contributed by atoms with Gasteiger partial charge < -0.3 is 5.11 Å². The molecule has 0 spiro atoms. The van der Waals surface area contributed by atoms with Crippen molar-refractivity contribution in [3.8, 4) is 5.75 Å². The summed E-state index contributed by atoms with van der Waals surface area (Å²) in [7, 11) is 0. The number of hydrogen-bond acceptors (Lipinski definition) is 4. The van der Waals surface area contributed by atoms with Gasteiger partial charge in [-0.05, 0) is 87.2 Å². The Morgan fingerprint density at radius 1 is 1.08 bits per heavy atom. The fourth-order valence-corrected chi connectivity index (χ4v) is 4.55. The van der Waals surface area contributed by atoms with E-state index in [9.17, 15) is 19.5 Å². The van der Waals surface area contributed by atoms with E-state index in [1.807, 2.05) is 45.2 Å². The molecule has 0 bridgehead atoms. The number of nitrogens with zero attached hydrogens (tertiary/aromatic N) is 1. The topological polar surface area (TPSA) is 86.7 Å². The van der Waals surface area contributed by atoms with Crippen LogP contribution in [-0.2, 0) is 9.59 Å². The number of phenolic OH excluding ortho intramolecular Hbond substituents is 1. The Labute approximate surface area is 184 Å². The SMILES string of the molecule is O=C1NC(=O)N(c2cccc(Br)c2)C(=O)/C1=C\c1cc(I)c(O)c(I)c1. The normalized spacial score (nSPS) is 16.2. The number of hydrogen-bond donors (Lipinski definition) is 2. The average Bonchev–Trinajstić information content (AvgIpc) is 2.56. The number of anilines is 1. The van der Waals surface area contributed by atoms with Gasteiger partial charge in [0.1, 0.15) is 11.3 Å². The molecule has 2 aromatic rings. The van der Waals surface area contributed by atoms with E-state index >= 15 is 0 Å². The number of aromatic hydroxyl groups is 1. The number of phenols is 1. The zero-order chi connectivity index (χ0) is 19.0.